The van der Waals surface area contributed by atoms with E-state index in [4.69, 9.17) is 0 Å². The van der Waals surface area contributed by atoms with Crippen molar-refractivity contribution in [1.29, 1.82) is 0 Å². The molecule has 1 aromatic rings. The van der Waals surface area contributed by atoms with Crippen LogP contribution in [0.2, 0.25) is 0 Å². The number of nitrogens with zero attached hydrogens (tertiary/aromatic N) is 2. The number of para-hydroxylation sites is 2. The number of hydrogen-bond donors (Lipinski definition) is 0. The molecule has 0 bridgehead atoms. The van der Waals surface area contributed by atoms with Crippen LogP contribution in [0.25, 0.3) is 0 Å². The molecule has 0 radical (unpaired) electrons. The maximum Gasteiger partial charge on any atom is 0.105 e. The van der Waals surface area contributed by atoms with Crippen molar-refractivity contribution in [2.75, 3.05) is 23.9 Å². The number of hydrogen-bond acceptors (Lipinski definition) is 2. The predicted octanol–water partition coefficient (Wildman–Crippen LogP) is 2.04. The van der Waals surface area contributed by atoms with Crippen LogP contribution in [0.5, 0.6) is 0 Å². The Balaban J connectivity index is 2.59. The van der Waals surface area contributed by atoms with Gasteiger partial charge in [-0.25, -0.2) is 0 Å². The molecule has 0 aromatic heterocycles. The van der Waals surface area contributed by atoms with Crippen LogP contribution in [0.4, 0.5) is 11.4 Å². The highest BCUT2D eigenvalue weighted by Gasteiger charge is 2.22. The lowest BCUT2D eigenvalue weighted by Crippen LogP contribution is -2.20. The fourth-order valence-electron chi connectivity index (χ4n) is 1.53. The van der Waals surface area contributed by atoms with Crippen molar-refractivity contribution in [3.05, 3.63) is 36.7 Å². The molecule has 0 N–H and O–H groups in total. The maximum atomic E-state index is 3.98. The van der Waals surface area contributed by atoms with Crippen LogP contribution in [0, 0.1) is 0 Å². The van der Waals surface area contributed by atoms with Crippen LogP contribution in [-0.4, -0.2) is 14.1 Å². The standard InChI is InChI=1S/C10H12N2/c1-8-11(2)9-6-4-5-7-10(9)12(8)3/h4-7H,1H2,2-3H3. The highest BCUT2D eigenvalue weighted by Crippen LogP contribution is 2.37. The summed E-state index contributed by atoms with van der Waals surface area (Å²) in [6.07, 6.45) is 0. The molecule has 0 aliphatic carbocycles. The van der Waals surface area contributed by atoms with Gasteiger partial charge in [0.15, 0.2) is 0 Å². The van der Waals surface area contributed by atoms with Gasteiger partial charge in [-0.2, -0.15) is 0 Å². The summed E-state index contributed by atoms with van der Waals surface area (Å²) in [7, 11) is 4.06. The number of anilines is 2. The minimum Gasteiger partial charge on any atom is -0.330 e. The van der Waals surface area contributed by atoms with Crippen LogP contribution in [0.3, 0.4) is 0 Å². The quantitative estimate of drug-likeness (QED) is 0.573. The molecule has 0 saturated heterocycles. The summed E-state index contributed by atoms with van der Waals surface area (Å²) in [5.74, 6) is 1.02. The Bertz CT molecular complexity index is 299. The van der Waals surface area contributed by atoms with E-state index in [1.54, 1.807) is 0 Å². The summed E-state index contributed by atoms with van der Waals surface area (Å²) < 4.78 is 0. The first kappa shape index (κ1) is 7.22. The molecule has 0 atom stereocenters. The van der Waals surface area contributed by atoms with Crippen molar-refractivity contribution < 1.29 is 0 Å². The van der Waals surface area contributed by atoms with Crippen LogP contribution >= 0.6 is 0 Å². The molecule has 1 aromatic carbocycles. The molecular formula is C10H12N2. The van der Waals surface area contributed by atoms with E-state index in [2.05, 4.69) is 28.5 Å². The molecule has 0 spiro atoms. The van der Waals surface area contributed by atoms with Gasteiger partial charge < -0.3 is 9.80 Å². The lowest BCUT2D eigenvalue weighted by Gasteiger charge is -2.15. The Morgan fingerprint density at radius 3 is 1.83 bits per heavy atom. The summed E-state index contributed by atoms with van der Waals surface area (Å²) in [4.78, 5) is 4.19. The van der Waals surface area contributed by atoms with Gasteiger partial charge in [0.1, 0.15) is 5.82 Å². The van der Waals surface area contributed by atoms with Gasteiger partial charge in [-0.05, 0) is 12.1 Å². The van der Waals surface area contributed by atoms with E-state index in [0.29, 0.717) is 0 Å². The lowest BCUT2D eigenvalue weighted by atomic mass is 10.3. The average Bonchev–Trinajstić information content (AvgIpc) is 2.33. The molecule has 2 heteroatoms. The first-order valence-corrected chi connectivity index (χ1v) is 3.97. The van der Waals surface area contributed by atoms with Gasteiger partial charge in [0, 0.05) is 14.1 Å². The largest absolute Gasteiger partial charge is 0.330 e. The average molecular weight is 160 g/mol. The number of rotatable bonds is 0. The Labute approximate surface area is 72.7 Å². The van der Waals surface area contributed by atoms with Crippen molar-refractivity contribution in [2.24, 2.45) is 0 Å². The van der Waals surface area contributed by atoms with Crippen molar-refractivity contribution in [3.63, 3.8) is 0 Å². The van der Waals surface area contributed by atoms with Crippen LogP contribution in [0.15, 0.2) is 36.7 Å². The van der Waals surface area contributed by atoms with E-state index in [1.807, 2.05) is 26.2 Å². The Morgan fingerprint density at radius 1 is 1.00 bits per heavy atom. The minimum absolute atomic E-state index is 1.02. The zero-order valence-electron chi connectivity index (χ0n) is 7.41. The topological polar surface area (TPSA) is 6.48 Å². The molecule has 62 valence electrons. The van der Waals surface area contributed by atoms with E-state index in [1.165, 1.54) is 11.4 Å². The first-order chi connectivity index (χ1) is 5.72. The third-order valence-corrected chi connectivity index (χ3v) is 2.38. The SMILES string of the molecule is C=C1N(C)c2ccccc2N1C. The number of fused-ring (bicyclic) bond motifs is 1. The highest BCUT2D eigenvalue weighted by atomic mass is 15.4. The molecule has 1 aliphatic heterocycles. The molecule has 0 fully saturated rings. The van der Waals surface area contributed by atoms with Gasteiger partial charge in [-0.3, -0.25) is 0 Å². The van der Waals surface area contributed by atoms with Gasteiger partial charge in [0.2, 0.25) is 0 Å². The summed E-state index contributed by atoms with van der Waals surface area (Å²) >= 11 is 0. The van der Waals surface area contributed by atoms with Gasteiger partial charge in [-0.15, -0.1) is 0 Å². The highest BCUT2D eigenvalue weighted by molar-refractivity contribution is 5.81. The third-order valence-electron chi connectivity index (χ3n) is 2.38. The fraction of sp³-hybridized carbons (Fsp3) is 0.200. The van der Waals surface area contributed by atoms with Gasteiger partial charge in [0.05, 0.1) is 11.4 Å². The molecule has 2 nitrogen and oxygen atoms in total. The zero-order chi connectivity index (χ0) is 8.72. The van der Waals surface area contributed by atoms with E-state index in [-0.39, 0.29) is 0 Å². The summed E-state index contributed by atoms with van der Waals surface area (Å²) in [5.41, 5.74) is 2.45. The second-order valence-electron chi connectivity index (χ2n) is 3.02. The van der Waals surface area contributed by atoms with Gasteiger partial charge >= 0.3 is 0 Å². The molecule has 0 saturated carbocycles. The van der Waals surface area contributed by atoms with E-state index < -0.39 is 0 Å². The summed E-state index contributed by atoms with van der Waals surface area (Å²) in [5, 5.41) is 0. The van der Waals surface area contributed by atoms with Crippen LogP contribution in [0.1, 0.15) is 0 Å². The molecular weight excluding hydrogens is 148 g/mol. The van der Waals surface area contributed by atoms with E-state index in [0.717, 1.165) is 5.82 Å². The third kappa shape index (κ3) is 0.749. The molecule has 0 amide bonds. The Kier molecular flexibility index (Phi) is 1.37. The van der Waals surface area contributed by atoms with Crippen molar-refractivity contribution in [2.45, 2.75) is 0 Å². The molecule has 1 heterocycles. The lowest BCUT2D eigenvalue weighted by molar-refractivity contribution is 1.06. The molecule has 1 aliphatic rings. The summed E-state index contributed by atoms with van der Waals surface area (Å²) in [6, 6.07) is 8.29. The maximum absolute atomic E-state index is 3.98. The monoisotopic (exact) mass is 160 g/mol. The van der Waals surface area contributed by atoms with Crippen molar-refractivity contribution in [1.82, 2.24) is 0 Å². The Morgan fingerprint density at radius 2 is 1.42 bits per heavy atom. The summed E-state index contributed by atoms with van der Waals surface area (Å²) in [6.45, 7) is 3.98. The second-order valence-corrected chi connectivity index (χ2v) is 3.02. The number of benzene rings is 1. The first-order valence-electron chi connectivity index (χ1n) is 3.97. The second kappa shape index (κ2) is 2.27. The molecule has 12 heavy (non-hydrogen) atoms. The normalized spacial score (nSPS) is 15.3. The molecule has 2 rings (SSSR count). The fourth-order valence-corrected chi connectivity index (χ4v) is 1.53. The van der Waals surface area contributed by atoms with Crippen LogP contribution in [-0.2, 0) is 0 Å². The van der Waals surface area contributed by atoms with Crippen molar-refractivity contribution >= 4 is 11.4 Å². The van der Waals surface area contributed by atoms with E-state index in [9.17, 15) is 0 Å². The Hall–Kier alpha value is -1.44. The zero-order valence-corrected chi connectivity index (χ0v) is 7.41. The molecule has 0 unspecified atom stereocenters. The van der Waals surface area contributed by atoms with E-state index >= 15 is 0 Å². The predicted molar refractivity (Wildman–Crippen MR) is 52.4 cm³/mol. The van der Waals surface area contributed by atoms with Gasteiger partial charge in [-0.1, -0.05) is 18.7 Å². The van der Waals surface area contributed by atoms with Crippen LogP contribution < -0.4 is 9.80 Å². The smallest absolute Gasteiger partial charge is 0.105 e. The van der Waals surface area contributed by atoms with Crippen molar-refractivity contribution in [3.8, 4) is 0 Å². The van der Waals surface area contributed by atoms with Gasteiger partial charge in [0.25, 0.3) is 0 Å². The minimum atomic E-state index is 1.02.